The van der Waals surface area contributed by atoms with Crippen LogP contribution in [0.2, 0.25) is 0 Å². The van der Waals surface area contributed by atoms with Crippen LogP contribution in [0.4, 0.5) is 11.8 Å². The smallest absolute Gasteiger partial charge is 0.227 e. The van der Waals surface area contributed by atoms with Crippen molar-refractivity contribution in [2.45, 2.75) is 57.9 Å². The van der Waals surface area contributed by atoms with E-state index in [9.17, 15) is 0 Å². The van der Waals surface area contributed by atoms with E-state index in [4.69, 9.17) is 4.98 Å². The molecule has 3 rings (SSSR count). The minimum absolute atomic E-state index is 0.625. The first kappa shape index (κ1) is 13.7. The number of aromatic nitrogens is 2. The van der Waals surface area contributed by atoms with Gasteiger partial charge in [0, 0.05) is 31.9 Å². The van der Waals surface area contributed by atoms with Crippen molar-refractivity contribution in [2.24, 2.45) is 0 Å². The Morgan fingerprint density at radius 1 is 1.10 bits per heavy atom. The third-order valence-corrected chi connectivity index (χ3v) is 4.66. The Balaban J connectivity index is 1.79. The summed E-state index contributed by atoms with van der Waals surface area (Å²) in [6.45, 7) is 5.68. The van der Waals surface area contributed by atoms with E-state index in [0.29, 0.717) is 6.04 Å². The molecule has 0 saturated carbocycles. The average molecular weight is 274 g/mol. The van der Waals surface area contributed by atoms with Crippen LogP contribution >= 0.6 is 0 Å². The Morgan fingerprint density at radius 3 is 2.70 bits per heavy atom. The fourth-order valence-electron chi connectivity index (χ4n) is 3.47. The van der Waals surface area contributed by atoms with E-state index in [1.165, 1.54) is 44.9 Å². The lowest BCUT2D eigenvalue weighted by Crippen LogP contribution is -2.40. The molecule has 20 heavy (non-hydrogen) atoms. The van der Waals surface area contributed by atoms with Crippen molar-refractivity contribution in [3.05, 3.63) is 12.3 Å². The predicted molar refractivity (Wildman–Crippen MR) is 83.4 cm³/mol. The van der Waals surface area contributed by atoms with E-state index < -0.39 is 0 Å². The van der Waals surface area contributed by atoms with Crippen LogP contribution in [0.3, 0.4) is 0 Å². The van der Waals surface area contributed by atoms with Crippen molar-refractivity contribution in [3.63, 3.8) is 0 Å². The first-order chi connectivity index (χ1) is 9.88. The number of hydrogen-bond acceptors (Lipinski definition) is 4. The number of hydrogen-bond donors (Lipinski definition) is 0. The van der Waals surface area contributed by atoms with Crippen molar-refractivity contribution in [1.29, 1.82) is 0 Å². The molecule has 0 bridgehead atoms. The van der Waals surface area contributed by atoms with Crippen LogP contribution in [0.1, 0.15) is 51.9 Å². The third-order valence-electron chi connectivity index (χ3n) is 4.66. The second-order valence-corrected chi connectivity index (χ2v) is 6.01. The zero-order valence-corrected chi connectivity index (χ0v) is 12.6. The van der Waals surface area contributed by atoms with Gasteiger partial charge in [-0.25, -0.2) is 4.98 Å². The summed E-state index contributed by atoms with van der Waals surface area (Å²) in [5, 5.41) is 0. The van der Waals surface area contributed by atoms with E-state index in [1.807, 2.05) is 6.20 Å². The molecule has 1 atom stereocenters. The first-order valence-corrected chi connectivity index (χ1v) is 8.23. The molecule has 2 fully saturated rings. The lowest BCUT2D eigenvalue weighted by molar-refractivity contribution is 0.443. The van der Waals surface area contributed by atoms with Gasteiger partial charge in [-0.2, -0.15) is 4.98 Å². The van der Waals surface area contributed by atoms with Gasteiger partial charge in [0.25, 0.3) is 0 Å². The van der Waals surface area contributed by atoms with Gasteiger partial charge in [-0.3, -0.25) is 0 Å². The molecule has 2 aliphatic heterocycles. The van der Waals surface area contributed by atoms with Crippen LogP contribution < -0.4 is 9.80 Å². The van der Waals surface area contributed by atoms with Crippen LogP contribution in [-0.2, 0) is 0 Å². The van der Waals surface area contributed by atoms with E-state index in [1.54, 1.807) is 0 Å². The van der Waals surface area contributed by atoms with E-state index in [0.717, 1.165) is 31.4 Å². The molecule has 2 saturated heterocycles. The Labute approximate surface area is 122 Å². The highest BCUT2D eigenvalue weighted by Crippen LogP contribution is 2.25. The molecule has 3 heterocycles. The van der Waals surface area contributed by atoms with Crippen molar-refractivity contribution in [3.8, 4) is 0 Å². The topological polar surface area (TPSA) is 32.3 Å². The highest BCUT2D eigenvalue weighted by molar-refractivity contribution is 5.44. The Morgan fingerprint density at radius 2 is 1.90 bits per heavy atom. The fourth-order valence-corrected chi connectivity index (χ4v) is 3.47. The quantitative estimate of drug-likeness (QED) is 0.847. The Kier molecular flexibility index (Phi) is 4.38. The highest BCUT2D eigenvalue weighted by Gasteiger charge is 2.23. The molecule has 110 valence electrons. The maximum Gasteiger partial charge on any atom is 0.227 e. The van der Waals surface area contributed by atoms with Crippen molar-refractivity contribution in [1.82, 2.24) is 9.97 Å². The molecule has 0 radical (unpaired) electrons. The van der Waals surface area contributed by atoms with Crippen LogP contribution in [0.15, 0.2) is 12.3 Å². The number of rotatable bonds is 3. The summed E-state index contributed by atoms with van der Waals surface area (Å²) in [7, 11) is 0. The Hall–Kier alpha value is -1.32. The second-order valence-electron chi connectivity index (χ2n) is 6.01. The monoisotopic (exact) mass is 274 g/mol. The summed E-state index contributed by atoms with van der Waals surface area (Å²) < 4.78 is 0. The predicted octanol–water partition coefficient (Wildman–Crippen LogP) is 3.24. The second kappa shape index (κ2) is 6.42. The summed E-state index contributed by atoms with van der Waals surface area (Å²) in [4.78, 5) is 14.2. The molecule has 0 aromatic carbocycles. The molecular formula is C16H26N4. The molecule has 1 unspecified atom stereocenters. The lowest BCUT2D eigenvalue weighted by atomic mass is 10.0. The summed E-state index contributed by atoms with van der Waals surface area (Å²) in [6.07, 6.45) is 11.0. The first-order valence-electron chi connectivity index (χ1n) is 8.23. The van der Waals surface area contributed by atoms with Gasteiger partial charge in [-0.05, 0) is 51.0 Å². The highest BCUT2D eigenvalue weighted by atomic mass is 15.3. The maximum atomic E-state index is 4.86. The summed E-state index contributed by atoms with van der Waals surface area (Å²) in [5.41, 5.74) is 0. The van der Waals surface area contributed by atoms with Crippen LogP contribution in [0.5, 0.6) is 0 Å². The zero-order chi connectivity index (χ0) is 13.8. The average Bonchev–Trinajstić information content (AvgIpc) is 2.56. The van der Waals surface area contributed by atoms with Gasteiger partial charge in [0.15, 0.2) is 0 Å². The molecule has 4 nitrogen and oxygen atoms in total. The van der Waals surface area contributed by atoms with E-state index in [2.05, 4.69) is 27.8 Å². The van der Waals surface area contributed by atoms with Gasteiger partial charge in [-0.15, -0.1) is 0 Å². The minimum atomic E-state index is 0.625. The van der Waals surface area contributed by atoms with Gasteiger partial charge in [-0.1, -0.05) is 6.92 Å². The van der Waals surface area contributed by atoms with Crippen LogP contribution in [0, 0.1) is 0 Å². The van der Waals surface area contributed by atoms with Crippen molar-refractivity contribution >= 4 is 11.8 Å². The van der Waals surface area contributed by atoms with Crippen molar-refractivity contribution in [2.75, 3.05) is 29.4 Å². The minimum Gasteiger partial charge on any atom is -0.356 e. The summed E-state index contributed by atoms with van der Waals surface area (Å²) in [6, 6.07) is 2.69. The molecule has 4 heteroatoms. The molecule has 0 amide bonds. The largest absolute Gasteiger partial charge is 0.356 e. The van der Waals surface area contributed by atoms with Gasteiger partial charge < -0.3 is 9.80 Å². The third kappa shape index (κ3) is 2.89. The molecule has 2 aliphatic rings. The van der Waals surface area contributed by atoms with Crippen molar-refractivity contribution < 1.29 is 0 Å². The van der Waals surface area contributed by atoms with Gasteiger partial charge >= 0.3 is 0 Å². The molecule has 0 N–H and O–H groups in total. The van der Waals surface area contributed by atoms with E-state index >= 15 is 0 Å². The summed E-state index contributed by atoms with van der Waals surface area (Å²) >= 11 is 0. The molecule has 0 spiro atoms. The van der Waals surface area contributed by atoms with Crippen LogP contribution in [0.25, 0.3) is 0 Å². The molecule has 1 aromatic rings. The van der Waals surface area contributed by atoms with Crippen LogP contribution in [-0.4, -0.2) is 35.6 Å². The zero-order valence-electron chi connectivity index (χ0n) is 12.6. The number of piperidine rings is 2. The van der Waals surface area contributed by atoms with Gasteiger partial charge in [0.05, 0.1) is 0 Å². The van der Waals surface area contributed by atoms with E-state index in [-0.39, 0.29) is 0 Å². The fraction of sp³-hybridized carbons (Fsp3) is 0.750. The number of anilines is 2. The molecule has 1 aromatic heterocycles. The lowest BCUT2D eigenvalue weighted by Gasteiger charge is -2.36. The summed E-state index contributed by atoms with van der Waals surface area (Å²) in [5.74, 6) is 2.06. The molecule has 0 aliphatic carbocycles. The standard InChI is InChI=1S/C16H26N4/c1-2-14-8-4-7-13-20(14)16-17-10-9-15(18-16)19-11-5-3-6-12-19/h9-10,14H,2-8,11-13H2,1H3. The normalized spacial score (nSPS) is 23.9. The maximum absolute atomic E-state index is 4.86. The molecular weight excluding hydrogens is 248 g/mol. The SMILES string of the molecule is CCC1CCCCN1c1nccc(N2CCCCC2)n1. The Bertz CT molecular complexity index is 428. The van der Waals surface area contributed by atoms with Gasteiger partial charge in [0.1, 0.15) is 5.82 Å². The number of nitrogens with zero attached hydrogens (tertiary/aromatic N) is 4. The van der Waals surface area contributed by atoms with Gasteiger partial charge in [0.2, 0.25) is 5.95 Å².